The van der Waals surface area contributed by atoms with E-state index in [9.17, 15) is 9.18 Å². The first kappa shape index (κ1) is 12.3. The van der Waals surface area contributed by atoms with Gasteiger partial charge in [0.05, 0.1) is 5.56 Å². The normalized spacial score (nSPS) is 16.6. The molecule has 1 aromatic carbocycles. The first-order valence-electron chi connectivity index (χ1n) is 5.58. The van der Waals surface area contributed by atoms with E-state index in [2.05, 4.69) is 5.32 Å². The predicted molar refractivity (Wildman–Crippen MR) is 64.4 cm³/mol. The maximum Gasteiger partial charge on any atom is 0.254 e. The molecule has 1 atom stereocenters. The van der Waals surface area contributed by atoms with Gasteiger partial charge in [-0.1, -0.05) is 11.6 Å². The first-order valence-corrected chi connectivity index (χ1v) is 5.95. The molecule has 0 aliphatic heterocycles. The Hall–Kier alpha value is -1.13. The summed E-state index contributed by atoms with van der Waals surface area (Å²) >= 11 is 5.73. The van der Waals surface area contributed by atoms with Crippen molar-refractivity contribution < 1.29 is 9.18 Å². The number of amides is 1. The molecule has 0 bridgehead atoms. The van der Waals surface area contributed by atoms with E-state index in [1.165, 1.54) is 18.2 Å². The van der Waals surface area contributed by atoms with Gasteiger partial charge in [0.1, 0.15) is 5.82 Å². The second-order valence-electron chi connectivity index (χ2n) is 4.28. The Kier molecular flexibility index (Phi) is 3.64. The molecule has 0 radical (unpaired) electrons. The maximum atomic E-state index is 13.4. The molecule has 3 N–H and O–H groups in total. The molecule has 1 fully saturated rings. The van der Waals surface area contributed by atoms with E-state index in [-0.39, 0.29) is 11.6 Å². The molecule has 2 rings (SSSR count). The lowest BCUT2D eigenvalue weighted by molar-refractivity contribution is 0.0929. The Morgan fingerprint density at radius 1 is 1.59 bits per heavy atom. The van der Waals surface area contributed by atoms with Gasteiger partial charge in [-0.15, -0.1) is 0 Å². The summed E-state index contributed by atoms with van der Waals surface area (Å²) in [4.78, 5) is 11.9. The summed E-state index contributed by atoms with van der Waals surface area (Å²) in [5.74, 6) is -0.586. The highest BCUT2D eigenvalue weighted by Crippen LogP contribution is 2.32. The minimum Gasteiger partial charge on any atom is -0.348 e. The first-order chi connectivity index (χ1) is 8.11. The largest absolute Gasteiger partial charge is 0.348 e. The highest BCUT2D eigenvalue weighted by molar-refractivity contribution is 6.31. The van der Waals surface area contributed by atoms with E-state index in [0.717, 1.165) is 12.8 Å². The quantitative estimate of drug-likeness (QED) is 0.865. The number of hydrogen-bond donors (Lipinski definition) is 2. The molecule has 5 heteroatoms. The zero-order valence-electron chi connectivity index (χ0n) is 9.25. The number of carbonyl (C=O) groups excluding carboxylic acids is 1. The van der Waals surface area contributed by atoms with Crippen LogP contribution in [0.15, 0.2) is 18.2 Å². The fourth-order valence-electron chi connectivity index (χ4n) is 1.79. The summed E-state index contributed by atoms with van der Waals surface area (Å²) in [5.41, 5.74) is 5.54. The van der Waals surface area contributed by atoms with E-state index in [1.54, 1.807) is 0 Å². The van der Waals surface area contributed by atoms with Crippen LogP contribution in [0.5, 0.6) is 0 Å². The van der Waals surface area contributed by atoms with Crippen molar-refractivity contribution in [3.8, 4) is 0 Å². The third-order valence-corrected chi connectivity index (χ3v) is 3.17. The van der Waals surface area contributed by atoms with Crippen molar-refractivity contribution in [2.75, 3.05) is 6.54 Å². The van der Waals surface area contributed by atoms with E-state index in [4.69, 9.17) is 17.3 Å². The summed E-state index contributed by atoms with van der Waals surface area (Å²) < 4.78 is 13.4. The second kappa shape index (κ2) is 5.02. The van der Waals surface area contributed by atoms with Crippen LogP contribution in [0.1, 0.15) is 23.2 Å². The molecule has 1 aliphatic carbocycles. The Bertz CT molecular complexity index is 435. The van der Waals surface area contributed by atoms with Crippen molar-refractivity contribution in [3.05, 3.63) is 34.6 Å². The van der Waals surface area contributed by atoms with Gasteiger partial charge in [0.15, 0.2) is 0 Å². The van der Waals surface area contributed by atoms with Crippen LogP contribution in [0.25, 0.3) is 0 Å². The zero-order valence-corrected chi connectivity index (χ0v) is 10.0. The molecule has 92 valence electrons. The number of hydrogen-bond acceptors (Lipinski definition) is 2. The standard InChI is InChI=1S/C12H14ClFN2O/c13-8-3-4-10(14)9(5-8)12(17)16-11(6-15)7-1-2-7/h3-5,7,11H,1-2,6,15H2,(H,16,17). The topological polar surface area (TPSA) is 55.1 Å². The Morgan fingerprint density at radius 3 is 2.88 bits per heavy atom. The average Bonchev–Trinajstić information content (AvgIpc) is 3.13. The van der Waals surface area contributed by atoms with Gasteiger partial charge in [0.2, 0.25) is 0 Å². The molecule has 1 amide bonds. The van der Waals surface area contributed by atoms with E-state index >= 15 is 0 Å². The Morgan fingerprint density at radius 2 is 2.29 bits per heavy atom. The number of nitrogens with one attached hydrogen (secondary N) is 1. The minimum absolute atomic E-state index is 0.0309. The molecule has 17 heavy (non-hydrogen) atoms. The molecule has 3 nitrogen and oxygen atoms in total. The highest BCUT2D eigenvalue weighted by atomic mass is 35.5. The zero-order chi connectivity index (χ0) is 12.4. The van der Waals surface area contributed by atoms with Crippen molar-refractivity contribution in [3.63, 3.8) is 0 Å². The van der Waals surface area contributed by atoms with E-state index in [1.807, 2.05) is 0 Å². The summed E-state index contributed by atoms with van der Waals surface area (Å²) in [7, 11) is 0. The molecular weight excluding hydrogens is 243 g/mol. The molecule has 1 aromatic rings. The van der Waals surface area contributed by atoms with Crippen LogP contribution in [-0.4, -0.2) is 18.5 Å². The minimum atomic E-state index is -0.571. The van der Waals surface area contributed by atoms with Crippen molar-refractivity contribution >= 4 is 17.5 Å². The van der Waals surface area contributed by atoms with Gasteiger partial charge in [0, 0.05) is 17.6 Å². The lowest BCUT2D eigenvalue weighted by Gasteiger charge is -2.16. The number of halogens is 2. The molecule has 1 aliphatic rings. The van der Waals surface area contributed by atoms with Crippen LogP contribution in [0, 0.1) is 11.7 Å². The van der Waals surface area contributed by atoms with Gasteiger partial charge in [-0.3, -0.25) is 4.79 Å². The number of carbonyl (C=O) groups is 1. The van der Waals surface area contributed by atoms with Gasteiger partial charge in [-0.05, 0) is 37.0 Å². The Labute approximate surface area is 104 Å². The molecule has 1 saturated carbocycles. The van der Waals surface area contributed by atoms with Crippen LogP contribution in [0.3, 0.4) is 0 Å². The monoisotopic (exact) mass is 256 g/mol. The van der Waals surface area contributed by atoms with Crippen LogP contribution in [0.4, 0.5) is 4.39 Å². The van der Waals surface area contributed by atoms with Crippen molar-refractivity contribution in [1.82, 2.24) is 5.32 Å². The summed E-state index contributed by atoms with van der Waals surface area (Å²) in [6, 6.07) is 3.86. The van der Waals surface area contributed by atoms with Crippen molar-refractivity contribution in [2.24, 2.45) is 11.7 Å². The molecule has 0 aromatic heterocycles. The maximum absolute atomic E-state index is 13.4. The smallest absolute Gasteiger partial charge is 0.254 e. The third-order valence-electron chi connectivity index (χ3n) is 2.93. The van der Waals surface area contributed by atoms with Gasteiger partial charge in [-0.2, -0.15) is 0 Å². The lowest BCUT2D eigenvalue weighted by Crippen LogP contribution is -2.42. The fraction of sp³-hybridized carbons (Fsp3) is 0.417. The number of nitrogens with two attached hydrogens (primary N) is 1. The molecule has 0 spiro atoms. The summed E-state index contributed by atoms with van der Waals surface area (Å²) in [6.07, 6.45) is 2.14. The Balaban J connectivity index is 2.10. The van der Waals surface area contributed by atoms with Crippen LogP contribution in [-0.2, 0) is 0 Å². The molecule has 0 heterocycles. The SMILES string of the molecule is NCC(NC(=O)c1cc(Cl)ccc1F)C1CC1. The highest BCUT2D eigenvalue weighted by Gasteiger charge is 2.31. The van der Waals surface area contributed by atoms with Gasteiger partial charge in [-0.25, -0.2) is 4.39 Å². The predicted octanol–water partition coefficient (Wildman–Crippen LogP) is 1.95. The van der Waals surface area contributed by atoms with Gasteiger partial charge < -0.3 is 11.1 Å². The van der Waals surface area contributed by atoms with Gasteiger partial charge in [0.25, 0.3) is 5.91 Å². The van der Waals surface area contributed by atoms with Gasteiger partial charge >= 0.3 is 0 Å². The summed E-state index contributed by atoms with van der Waals surface area (Å²) in [6.45, 7) is 0.374. The average molecular weight is 257 g/mol. The lowest BCUT2D eigenvalue weighted by atomic mass is 10.1. The van der Waals surface area contributed by atoms with Crippen LogP contribution in [0.2, 0.25) is 5.02 Å². The number of benzene rings is 1. The molecule has 0 saturated heterocycles. The van der Waals surface area contributed by atoms with Crippen molar-refractivity contribution in [2.45, 2.75) is 18.9 Å². The number of rotatable bonds is 4. The van der Waals surface area contributed by atoms with E-state index < -0.39 is 11.7 Å². The van der Waals surface area contributed by atoms with Crippen LogP contribution < -0.4 is 11.1 Å². The fourth-order valence-corrected chi connectivity index (χ4v) is 1.96. The third kappa shape index (κ3) is 2.96. The molecular formula is C12H14ClFN2O. The van der Waals surface area contributed by atoms with Crippen LogP contribution >= 0.6 is 11.6 Å². The molecule has 1 unspecified atom stereocenters. The van der Waals surface area contributed by atoms with Crippen molar-refractivity contribution in [1.29, 1.82) is 0 Å². The summed E-state index contributed by atoms with van der Waals surface area (Å²) in [5, 5.41) is 3.09. The van der Waals surface area contributed by atoms with E-state index in [0.29, 0.717) is 17.5 Å². The second-order valence-corrected chi connectivity index (χ2v) is 4.71.